The van der Waals surface area contributed by atoms with E-state index in [0.29, 0.717) is 6.42 Å². The molecule has 28 heavy (non-hydrogen) atoms. The number of aliphatic carboxylic acids is 1. The van der Waals surface area contributed by atoms with E-state index >= 15 is 0 Å². The van der Waals surface area contributed by atoms with Gasteiger partial charge < -0.3 is 15.3 Å². The SMILES string of the molecule is Cc1ccc(CC(O)C=C[C@H]2C(O)CC(=O)C2SCCCSCC(=O)O)cc1. The van der Waals surface area contributed by atoms with Gasteiger partial charge in [0.05, 0.1) is 23.2 Å². The molecule has 0 amide bonds. The lowest BCUT2D eigenvalue weighted by Crippen LogP contribution is -2.22. The molecule has 1 saturated carbocycles. The topological polar surface area (TPSA) is 94.8 Å². The molecule has 1 aromatic rings. The minimum Gasteiger partial charge on any atom is -0.481 e. The van der Waals surface area contributed by atoms with E-state index in [1.54, 1.807) is 12.2 Å². The Morgan fingerprint density at radius 2 is 2.00 bits per heavy atom. The van der Waals surface area contributed by atoms with Crippen LogP contribution in [0.25, 0.3) is 0 Å². The third kappa shape index (κ3) is 7.62. The molecule has 2 rings (SSSR count). The Kier molecular flexibility index (Phi) is 9.58. The standard InChI is InChI=1S/C21H28O5S2/c1-14-3-5-15(6-4-14)11-16(22)7-8-17-18(23)12-19(24)21(17)28-10-2-9-27-13-20(25)26/h3-8,16-18,21-23H,2,9-13H2,1H3,(H,25,26)/t16?,17-,18?,21?/m0/s1. The van der Waals surface area contributed by atoms with Gasteiger partial charge in [-0.3, -0.25) is 9.59 Å². The van der Waals surface area contributed by atoms with E-state index in [4.69, 9.17) is 5.11 Å². The van der Waals surface area contributed by atoms with Gasteiger partial charge in [0, 0.05) is 18.8 Å². The Hall–Kier alpha value is -1.28. The number of Topliss-reactive ketones (excluding diaryl/α,β-unsaturated/α-hetero) is 1. The number of carboxylic acid groups (broad SMARTS) is 1. The Balaban J connectivity index is 1.82. The number of carbonyl (C=O) groups is 2. The number of carboxylic acids is 1. The van der Waals surface area contributed by atoms with Gasteiger partial charge in [-0.25, -0.2) is 0 Å². The first-order valence-electron chi connectivity index (χ1n) is 9.40. The van der Waals surface area contributed by atoms with Crippen molar-refractivity contribution in [1.29, 1.82) is 0 Å². The van der Waals surface area contributed by atoms with E-state index < -0.39 is 18.2 Å². The summed E-state index contributed by atoms with van der Waals surface area (Å²) in [5.41, 5.74) is 2.21. The number of benzene rings is 1. The van der Waals surface area contributed by atoms with Crippen LogP contribution in [-0.2, 0) is 16.0 Å². The van der Waals surface area contributed by atoms with Crippen molar-refractivity contribution in [3.05, 3.63) is 47.5 Å². The fraction of sp³-hybridized carbons (Fsp3) is 0.524. The number of ketones is 1. The Labute approximate surface area is 174 Å². The summed E-state index contributed by atoms with van der Waals surface area (Å²) in [6.45, 7) is 2.02. The van der Waals surface area contributed by atoms with Crippen molar-refractivity contribution < 1.29 is 24.9 Å². The molecule has 1 aliphatic rings. The fourth-order valence-corrected chi connectivity index (χ4v) is 5.32. The first-order valence-corrected chi connectivity index (χ1v) is 11.6. The smallest absolute Gasteiger partial charge is 0.313 e. The van der Waals surface area contributed by atoms with Crippen LogP contribution in [0.3, 0.4) is 0 Å². The summed E-state index contributed by atoms with van der Waals surface area (Å²) in [4.78, 5) is 22.7. The Morgan fingerprint density at radius 3 is 2.68 bits per heavy atom. The summed E-state index contributed by atoms with van der Waals surface area (Å²) in [7, 11) is 0. The molecule has 0 bridgehead atoms. The molecule has 0 aromatic heterocycles. The minimum absolute atomic E-state index is 0.0402. The van der Waals surface area contributed by atoms with E-state index in [0.717, 1.165) is 23.5 Å². The van der Waals surface area contributed by atoms with Crippen LogP contribution in [0.4, 0.5) is 0 Å². The number of thioether (sulfide) groups is 2. The quantitative estimate of drug-likeness (QED) is 0.371. The van der Waals surface area contributed by atoms with Crippen LogP contribution in [0.1, 0.15) is 24.0 Å². The zero-order valence-electron chi connectivity index (χ0n) is 16.0. The molecule has 154 valence electrons. The molecular formula is C21H28O5S2. The number of carbonyl (C=O) groups excluding carboxylic acids is 1. The van der Waals surface area contributed by atoms with Crippen LogP contribution in [0.15, 0.2) is 36.4 Å². The van der Waals surface area contributed by atoms with E-state index in [2.05, 4.69) is 0 Å². The van der Waals surface area contributed by atoms with Gasteiger partial charge in [-0.15, -0.1) is 11.8 Å². The highest BCUT2D eigenvalue weighted by atomic mass is 32.2. The highest BCUT2D eigenvalue weighted by Crippen LogP contribution is 2.34. The van der Waals surface area contributed by atoms with Crippen molar-refractivity contribution >= 4 is 35.3 Å². The first kappa shape index (κ1) is 23.0. The lowest BCUT2D eigenvalue weighted by Gasteiger charge is -2.17. The van der Waals surface area contributed by atoms with Crippen molar-refractivity contribution in [3.63, 3.8) is 0 Å². The van der Waals surface area contributed by atoms with E-state index in [1.165, 1.54) is 29.1 Å². The number of aliphatic hydroxyl groups is 2. The van der Waals surface area contributed by atoms with Gasteiger partial charge in [-0.1, -0.05) is 42.0 Å². The summed E-state index contributed by atoms with van der Waals surface area (Å²) in [6.07, 6.45) is 3.54. The van der Waals surface area contributed by atoms with Crippen molar-refractivity contribution in [2.45, 2.75) is 43.6 Å². The Morgan fingerprint density at radius 1 is 1.29 bits per heavy atom. The number of hydrogen-bond acceptors (Lipinski definition) is 6. The average Bonchev–Trinajstić information content (AvgIpc) is 2.91. The van der Waals surface area contributed by atoms with Gasteiger partial charge in [0.1, 0.15) is 5.78 Å². The molecule has 3 N–H and O–H groups in total. The molecule has 0 heterocycles. The number of aryl methyl sites for hydroxylation is 1. The van der Waals surface area contributed by atoms with E-state index in [-0.39, 0.29) is 29.1 Å². The van der Waals surface area contributed by atoms with Gasteiger partial charge >= 0.3 is 5.97 Å². The minimum atomic E-state index is -0.818. The van der Waals surface area contributed by atoms with Crippen molar-refractivity contribution in [2.24, 2.45) is 5.92 Å². The predicted octanol–water partition coefficient (Wildman–Crippen LogP) is 2.71. The second-order valence-electron chi connectivity index (χ2n) is 7.05. The van der Waals surface area contributed by atoms with Crippen molar-refractivity contribution in [3.8, 4) is 0 Å². The zero-order valence-corrected chi connectivity index (χ0v) is 17.6. The number of aliphatic hydroxyl groups excluding tert-OH is 2. The van der Waals surface area contributed by atoms with Crippen molar-refractivity contribution in [2.75, 3.05) is 17.3 Å². The molecule has 1 aliphatic carbocycles. The predicted molar refractivity (Wildman–Crippen MR) is 115 cm³/mol. The first-order chi connectivity index (χ1) is 13.4. The molecule has 5 nitrogen and oxygen atoms in total. The second kappa shape index (κ2) is 11.7. The van der Waals surface area contributed by atoms with Crippen LogP contribution in [0.2, 0.25) is 0 Å². The maximum atomic E-state index is 12.2. The number of hydrogen-bond donors (Lipinski definition) is 3. The van der Waals surface area contributed by atoms with Gasteiger partial charge in [0.2, 0.25) is 0 Å². The summed E-state index contributed by atoms with van der Waals surface area (Å²) < 4.78 is 0. The lowest BCUT2D eigenvalue weighted by molar-refractivity contribution is -0.133. The summed E-state index contributed by atoms with van der Waals surface area (Å²) >= 11 is 2.88. The molecule has 0 radical (unpaired) electrons. The van der Waals surface area contributed by atoms with Gasteiger partial charge in [-0.2, -0.15) is 11.8 Å². The normalized spacial score (nSPS) is 23.4. The van der Waals surface area contributed by atoms with Crippen LogP contribution in [-0.4, -0.2) is 61.8 Å². The van der Waals surface area contributed by atoms with Crippen LogP contribution >= 0.6 is 23.5 Å². The molecular weight excluding hydrogens is 396 g/mol. The molecule has 0 saturated heterocycles. The molecule has 3 unspecified atom stereocenters. The molecule has 4 atom stereocenters. The largest absolute Gasteiger partial charge is 0.481 e. The van der Waals surface area contributed by atoms with Crippen LogP contribution in [0.5, 0.6) is 0 Å². The van der Waals surface area contributed by atoms with Crippen molar-refractivity contribution in [1.82, 2.24) is 0 Å². The monoisotopic (exact) mass is 424 g/mol. The van der Waals surface area contributed by atoms with Gasteiger partial charge in [-0.05, 0) is 30.4 Å². The average molecular weight is 425 g/mol. The molecule has 0 aliphatic heterocycles. The highest BCUT2D eigenvalue weighted by molar-refractivity contribution is 8.01. The lowest BCUT2D eigenvalue weighted by atomic mass is 10.0. The summed E-state index contributed by atoms with van der Waals surface area (Å²) in [5.74, 6) is 0.497. The van der Waals surface area contributed by atoms with Gasteiger partial charge in [0.15, 0.2) is 0 Å². The fourth-order valence-electron chi connectivity index (χ4n) is 3.13. The van der Waals surface area contributed by atoms with E-state index in [1.807, 2.05) is 31.2 Å². The maximum Gasteiger partial charge on any atom is 0.313 e. The number of rotatable bonds is 11. The summed E-state index contributed by atoms with van der Waals surface area (Å²) in [5, 5.41) is 28.8. The highest BCUT2D eigenvalue weighted by Gasteiger charge is 2.40. The van der Waals surface area contributed by atoms with E-state index in [9.17, 15) is 19.8 Å². The Bertz CT molecular complexity index is 674. The molecule has 1 fully saturated rings. The molecule has 7 heteroatoms. The third-order valence-corrected chi connectivity index (χ3v) is 7.09. The third-order valence-electron chi connectivity index (χ3n) is 4.60. The molecule has 0 spiro atoms. The van der Waals surface area contributed by atoms with Gasteiger partial charge in [0.25, 0.3) is 0 Å². The zero-order chi connectivity index (χ0) is 20.5. The maximum absolute atomic E-state index is 12.2. The second-order valence-corrected chi connectivity index (χ2v) is 9.40. The van der Waals surface area contributed by atoms with Crippen LogP contribution < -0.4 is 0 Å². The molecule has 1 aromatic carbocycles. The van der Waals surface area contributed by atoms with Crippen LogP contribution in [0, 0.1) is 12.8 Å². The summed E-state index contributed by atoms with van der Waals surface area (Å²) in [6, 6.07) is 7.99.